The van der Waals surface area contributed by atoms with Crippen molar-refractivity contribution in [3.05, 3.63) is 81.8 Å². The average molecular weight is 458 g/mol. The predicted molar refractivity (Wildman–Crippen MR) is 121 cm³/mol. The van der Waals surface area contributed by atoms with Gasteiger partial charge in [0.25, 0.3) is 0 Å². The molecule has 1 atom stereocenters. The number of amides is 1. The summed E-state index contributed by atoms with van der Waals surface area (Å²) in [6.45, 7) is 0.528. The summed E-state index contributed by atoms with van der Waals surface area (Å²) in [6, 6.07) is 18.6. The van der Waals surface area contributed by atoms with Gasteiger partial charge in [0.1, 0.15) is 24.2 Å². The van der Waals surface area contributed by atoms with E-state index in [-0.39, 0.29) is 12.7 Å². The molecular formula is C24H21Cl2NO4. The van der Waals surface area contributed by atoms with Crippen LogP contribution in [0.1, 0.15) is 11.1 Å². The summed E-state index contributed by atoms with van der Waals surface area (Å²) in [7, 11) is 1.61. The van der Waals surface area contributed by atoms with Gasteiger partial charge in [0, 0.05) is 33.2 Å². The van der Waals surface area contributed by atoms with Gasteiger partial charge in [-0.3, -0.25) is 0 Å². The fourth-order valence-electron chi connectivity index (χ4n) is 3.51. The molecule has 31 heavy (non-hydrogen) atoms. The Morgan fingerprint density at radius 2 is 1.90 bits per heavy atom. The van der Waals surface area contributed by atoms with Crippen molar-refractivity contribution < 1.29 is 19.0 Å². The van der Waals surface area contributed by atoms with Crippen LogP contribution in [0.4, 0.5) is 4.79 Å². The van der Waals surface area contributed by atoms with Gasteiger partial charge in [-0.1, -0.05) is 53.5 Å². The number of hydrogen-bond donors (Lipinski definition) is 1. The van der Waals surface area contributed by atoms with Gasteiger partial charge in [-0.15, -0.1) is 0 Å². The number of alkyl carbamates (subject to hydrolysis) is 1. The highest BCUT2D eigenvalue weighted by atomic mass is 35.5. The van der Waals surface area contributed by atoms with Crippen molar-refractivity contribution >= 4 is 29.3 Å². The van der Waals surface area contributed by atoms with Gasteiger partial charge in [-0.2, -0.15) is 0 Å². The lowest BCUT2D eigenvalue weighted by atomic mass is 10.00. The quantitative estimate of drug-likeness (QED) is 0.500. The molecule has 1 N–H and O–H groups in total. The van der Waals surface area contributed by atoms with Crippen molar-refractivity contribution in [3.63, 3.8) is 0 Å². The maximum absolute atomic E-state index is 12.1. The van der Waals surface area contributed by atoms with Crippen LogP contribution in [0.2, 0.25) is 10.0 Å². The summed E-state index contributed by atoms with van der Waals surface area (Å²) in [4.78, 5) is 12.1. The lowest BCUT2D eigenvalue weighted by Crippen LogP contribution is -2.34. The number of benzene rings is 3. The molecule has 3 aromatic rings. The monoisotopic (exact) mass is 457 g/mol. The zero-order chi connectivity index (χ0) is 21.8. The molecule has 4 rings (SSSR count). The SMILES string of the molecule is COc1cc2c(c(-c3cc(Cl)ccc3Cl)c1)OC(CNC(=O)OCc1ccccc1)C2. The Hall–Kier alpha value is -2.89. The van der Waals surface area contributed by atoms with Crippen LogP contribution in [0.5, 0.6) is 11.5 Å². The van der Waals surface area contributed by atoms with E-state index in [1.165, 1.54) is 0 Å². The molecule has 7 heteroatoms. The first-order valence-electron chi connectivity index (χ1n) is 9.81. The van der Waals surface area contributed by atoms with Crippen LogP contribution < -0.4 is 14.8 Å². The maximum atomic E-state index is 12.1. The largest absolute Gasteiger partial charge is 0.497 e. The Labute approximate surface area is 190 Å². The zero-order valence-corrected chi connectivity index (χ0v) is 18.4. The van der Waals surface area contributed by atoms with Crippen LogP contribution in [-0.4, -0.2) is 25.9 Å². The van der Waals surface area contributed by atoms with Gasteiger partial charge in [0.15, 0.2) is 0 Å². The fourth-order valence-corrected chi connectivity index (χ4v) is 3.90. The Balaban J connectivity index is 1.44. The molecule has 0 fully saturated rings. The Morgan fingerprint density at radius 1 is 1.10 bits per heavy atom. The lowest BCUT2D eigenvalue weighted by Gasteiger charge is -2.15. The summed E-state index contributed by atoms with van der Waals surface area (Å²) in [6.07, 6.45) is -0.0985. The van der Waals surface area contributed by atoms with Gasteiger partial charge >= 0.3 is 6.09 Å². The molecule has 1 aliphatic heterocycles. The fraction of sp³-hybridized carbons (Fsp3) is 0.208. The standard InChI is InChI=1S/C24H21Cl2NO4/c1-29-18-9-16-10-19(13-27-24(28)30-14-15-5-3-2-4-6-15)31-23(16)21(12-18)20-11-17(25)7-8-22(20)26/h2-9,11-12,19H,10,13-14H2,1H3,(H,27,28). The Morgan fingerprint density at radius 3 is 2.68 bits per heavy atom. The summed E-state index contributed by atoms with van der Waals surface area (Å²) >= 11 is 12.6. The zero-order valence-electron chi connectivity index (χ0n) is 16.9. The Kier molecular flexibility index (Phi) is 6.54. The van der Waals surface area contributed by atoms with Gasteiger partial charge < -0.3 is 19.5 Å². The van der Waals surface area contributed by atoms with E-state index >= 15 is 0 Å². The number of halogens is 2. The van der Waals surface area contributed by atoms with E-state index in [1.54, 1.807) is 25.3 Å². The number of carbonyl (C=O) groups excluding carboxylic acids is 1. The molecule has 0 saturated heterocycles. The van der Waals surface area contributed by atoms with E-state index in [2.05, 4.69) is 5.32 Å². The number of nitrogens with one attached hydrogen (secondary N) is 1. The molecule has 1 aliphatic rings. The molecular weight excluding hydrogens is 437 g/mol. The first kappa shape index (κ1) is 21.3. The third-order valence-electron chi connectivity index (χ3n) is 5.01. The van der Waals surface area contributed by atoms with Crippen molar-refractivity contribution in [3.8, 4) is 22.6 Å². The topological polar surface area (TPSA) is 56.8 Å². The molecule has 1 unspecified atom stereocenters. The maximum Gasteiger partial charge on any atom is 0.407 e. The number of rotatable bonds is 6. The molecule has 1 heterocycles. The van der Waals surface area contributed by atoms with E-state index in [0.29, 0.717) is 28.8 Å². The average Bonchev–Trinajstić information content (AvgIpc) is 3.21. The van der Waals surface area contributed by atoms with Gasteiger partial charge in [0.05, 0.1) is 13.7 Å². The van der Waals surface area contributed by atoms with E-state index in [1.807, 2.05) is 42.5 Å². The smallest absolute Gasteiger partial charge is 0.407 e. The first-order valence-corrected chi connectivity index (χ1v) is 10.6. The van der Waals surface area contributed by atoms with Gasteiger partial charge in [-0.25, -0.2) is 4.79 Å². The highest BCUT2D eigenvalue weighted by Crippen LogP contribution is 2.44. The second-order valence-electron chi connectivity index (χ2n) is 7.17. The summed E-state index contributed by atoms with van der Waals surface area (Å²) in [5.41, 5.74) is 3.48. The minimum absolute atomic E-state index is 0.215. The molecule has 0 aliphatic carbocycles. The van der Waals surface area contributed by atoms with E-state index < -0.39 is 6.09 Å². The number of methoxy groups -OCH3 is 1. The van der Waals surface area contributed by atoms with E-state index in [0.717, 1.165) is 28.0 Å². The van der Waals surface area contributed by atoms with Crippen LogP contribution in [0.15, 0.2) is 60.7 Å². The highest BCUT2D eigenvalue weighted by Gasteiger charge is 2.28. The molecule has 0 saturated carbocycles. The van der Waals surface area contributed by atoms with Crippen LogP contribution in [-0.2, 0) is 17.8 Å². The number of carbonyl (C=O) groups is 1. The van der Waals surface area contributed by atoms with Crippen molar-refractivity contribution in [1.82, 2.24) is 5.32 Å². The number of hydrogen-bond acceptors (Lipinski definition) is 4. The summed E-state index contributed by atoms with van der Waals surface area (Å²) in [5.74, 6) is 1.42. The molecule has 0 bridgehead atoms. The molecule has 3 aromatic carbocycles. The van der Waals surface area contributed by atoms with Gasteiger partial charge in [-0.05, 0) is 35.9 Å². The van der Waals surface area contributed by atoms with Crippen molar-refractivity contribution in [1.29, 1.82) is 0 Å². The first-order chi connectivity index (χ1) is 15.0. The van der Waals surface area contributed by atoms with E-state index in [4.69, 9.17) is 37.4 Å². The summed E-state index contributed by atoms with van der Waals surface area (Å²) in [5, 5.41) is 3.91. The van der Waals surface area contributed by atoms with Gasteiger partial charge in [0.2, 0.25) is 0 Å². The lowest BCUT2D eigenvalue weighted by molar-refractivity contribution is 0.133. The third kappa shape index (κ3) is 5.06. The molecule has 5 nitrogen and oxygen atoms in total. The second kappa shape index (κ2) is 9.50. The highest BCUT2D eigenvalue weighted by molar-refractivity contribution is 6.35. The Bertz CT molecular complexity index is 1090. The molecule has 0 aromatic heterocycles. The molecule has 0 radical (unpaired) electrons. The van der Waals surface area contributed by atoms with Crippen molar-refractivity contribution in [2.45, 2.75) is 19.1 Å². The molecule has 160 valence electrons. The van der Waals surface area contributed by atoms with Crippen molar-refractivity contribution in [2.24, 2.45) is 0 Å². The number of fused-ring (bicyclic) bond motifs is 1. The molecule has 0 spiro atoms. The molecule has 1 amide bonds. The predicted octanol–water partition coefficient (Wildman–Crippen LogP) is 5.90. The van der Waals surface area contributed by atoms with E-state index in [9.17, 15) is 4.79 Å². The van der Waals surface area contributed by atoms with Crippen LogP contribution in [0.25, 0.3) is 11.1 Å². The second-order valence-corrected chi connectivity index (χ2v) is 8.02. The third-order valence-corrected chi connectivity index (χ3v) is 5.58. The normalized spacial score (nSPS) is 14.5. The number of ether oxygens (including phenoxy) is 3. The minimum Gasteiger partial charge on any atom is -0.497 e. The minimum atomic E-state index is -0.487. The summed E-state index contributed by atoms with van der Waals surface area (Å²) < 4.78 is 16.9. The van der Waals surface area contributed by atoms with Crippen LogP contribution in [0, 0.1) is 0 Å². The van der Waals surface area contributed by atoms with Crippen molar-refractivity contribution in [2.75, 3.05) is 13.7 Å². The van der Waals surface area contributed by atoms with Crippen LogP contribution in [0.3, 0.4) is 0 Å². The van der Waals surface area contributed by atoms with Crippen LogP contribution >= 0.6 is 23.2 Å².